The van der Waals surface area contributed by atoms with Gasteiger partial charge in [0.25, 0.3) is 0 Å². The monoisotopic (exact) mass is 250 g/mol. The van der Waals surface area contributed by atoms with Crippen LogP contribution in [0.4, 0.5) is 11.6 Å². The SMILES string of the molecule is CC(C)c1nc(N)cc(N2CCC(C)C(O)C2)n1. The number of hydrogen-bond donors (Lipinski definition) is 2. The Morgan fingerprint density at radius 1 is 1.44 bits per heavy atom. The van der Waals surface area contributed by atoms with Crippen molar-refractivity contribution in [3.63, 3.8) is 0 Å². The van der Waals surface area contributed by atoms with E-state index < -0.39 is 0 Å². The van der Waals surface area contributed by atoms with Gasteiger partial charge in [0, 0.05) is 25.1 Å². The van der Waals surface area contributed by atoms with Crippen molar-refractivity contribution in [2.45, 2.75) is 39.2 Å². The van der Waals surface area contributed by atoms with Crippen LogP contribution in [-0.4, -0.2) is 34.3 Å². The Morgan fingerprint density at radius 3 is 2.78 bits per heavy atom. The number of piperidine rings is 1. The minimum absolute atomic E-state index is 0.251. The van der Waals surface area contributed by atoms with Crippen molar-refractivity contribution >= 4 is 11.6 Å². The minimum atomic E-state index is -0.294. The average molecular weight is 250 g/mol. The third-order valence-electron chi connectivity index (χ3n) is 3.51. The highest BCUT2D eigenvalue weighted by atomic mass is 16.3. The van der Waals surface area contributed by atoms with Crippen LogP contribution in [0.15, 0.2) is 6.07 Å². The van der Waals surface area contributed by atoms with Gasteiger partial charge in [0.2, 0.25) is 0 Å². The molecule has 2 atom stereocenters. The van der Waals surface area contributed by atoms with Gasteiger partial charge in [0.05, 0.1) is 6.10 Å². The van der Waals surface area contributed by atoms with Gasteiger partial charge >= 0.3 is 0 Å². The lowest BCUT2D eigenvalue weighted by Crippen LogP contribution is -2.43. The molecular weight excluding hydrogens is 228 g/mol. The van der Waals surface area contributed by atoms with Gasteiger partial charge in [-0.25, -0.2) is 9.97 Å². The quantitative estimate of drug-likeness (QED) is 0.829. The highest BCUT2D eigenvalue weighted by Gasteiger charge is 2.25. The van der Waals surface area contributed by atoms with Crippen LogP contribution < -0.4 is 10.6 Å². The summed E-state index contributed by atoms with van der Waals surface area (Å²) in [6, 6.07) is 1.79. The number of aliphatic hydroxyl groups excluding tert-OH is 1. The first-order valence-electron chi connectivity index (χ1n) is 6.55. The first-order valence-corrected chi connectivity index (χ1v) is 6.55. The lowest BCUT2D eigenvalue weighted by molar-refractivity contribution is 0.102. The number of nitrogens with zero attached hydrogens (tertiary/aromatic N) is 3. The Bertz CT molecular complexity index is 421. The molecule has 1 aliphatic rings. The third kappa shape index (κ3) is 2.72. The number of aliphatic hydroxyl groups is 1. The molecule has 1 fully saturated rings. The molecule has 1 aliphatic heterocycles. The van der Waals surface area contributed by atoms with Crippen molar-refractivity contribution in [1.29, 1.82) is 0 Å². The summed E-state index contributed by atoms with van der Waals surface area (Å²) in [6.07, 6.45) is 0.680. The molecule has 18 heavy (non-hydrogen) atoms. The topological polar surface area (TPSA) is 75.3 Å². The maximum Gasteiger partial charge on any atom is 0.135 e. The van der Waals surface area contributed by atoms with Crippen molar-refractivity contribution in [2.24, 2.45) is 5.92 Å². The van der Waals surface area contributed by atoms with E-state index in [0.29, 0.717) is 18.3 Å². The molecule has 100 valence electrons. The van der Waals surface area contributed by atoms with Crippen LogP contribution in [0.3, 0.4) is 0 Å². The lowest BCUT2D eigenvalue weighted by Gasteiger charge is -2.35. The molecule has 2 rings (SSSR count). The predicted octanol–water partition coefficient (Wildman–Crippen LogP) is 1.39. The number of nitrogens with two attached hydrogens (primary N) is 1. The molecule has 2 heterocycles. The average Bonchev–Trinajstić information content (AvgIpc) is 2.31. The Kier molecular flexibility index (Phi) is 3.71. The fourth-order valence-electron chi connectivity index (χ4n) is 2.15. The van der Waals surface area contributed by atoms with Crippen LogP contribution in [0, 0.1) is 5.92 Å². The number of rotatable bonds is 2. The second kappa shape index (κ2) is 5.10. The molecule has 0 bridgehead atoms. The largest absolute Gasteiger partial charge is 0.391 e. The molecule has 0 saturated carbocycles. The fraction of sp³-hybridized carbons (Fsp3) is 0.692. The fourth-order valence-corrected chi connectivity index (χ4v) is 2.15. The Balaban J connectivity index is 2.23. The van der Waals surface area contributed by atoms with E-state index in [1.807, 2.05) is 13.8 Å². The summed E-state index contributed by atoms with van der Waals surface area (Å²) in [6.45, 7) is 7.70. The third-order valence-corrected chi connectivity index (χ3v) is 3.51. The molecule has 2 unspecified atom stereocenters. The van der Waals surface area contributed by atoms with Crippen LogP contribution in [0.5, 0.6) is 0 Å². The molecule has 1 aromatic heterocycles. The molecule has 5 nitrogen and oxygen atoms in total. The van der Waals surface area contributed by atoms with E-state index in [-0.39, 0.29) is 12.0 Å². The summed E-state index contributed by atoms with van der Waals surface area (Å²) in [5.74, 6) is 2.69. The molecule has 0 aliphatic carbocycles. The van der Waals surface area contributed by atoms with Crippen LogP contribution in [0.1, 0.15) is 38.9 Å². The van der Waals surface area contributed by atoms with Crippen molar-refractivity contribution < 1.29 is 5.11 Å². The van der Waals surface area contributed by atoms with Gasteiger partial charge < -0.3 is 15.7 Å². The van der Waals surface area contributed by atoms with E-state index in [4.69, 9.17) is 5.73 Å². The summed E-state index contributed by atoms with van der Waals surface area (Å²) in [4.78, 5) is 10.9. The molecule has 0 aromatic carbocycles. The number of nitrogen functional groups attached to an aromatic ring is 1. The van der Waals surface area contributed by atoms with Crippen molar-refractivity contribution in [2.75, 3.05) is 23.7 Å². The van der Waals surface area contributed by atoms with E-state index in [1.165, 1.54) is 0 Å². The molecule has 3 N–H and O–H groups in total. The van der Waals surface area contributed by atoms with Gasteiger partial charge in [-0.3, -0.25) is 0 Å². The van der Waals surface area contributed by atoms with Crippen LogP contribution in [0.25, 0.3) is 0 Å². The smallest absolute Gasteiger partial charge is 0.135 e. The molecule has 5 heteroatoms. The number of anilines is 2. The van der Waals surface area contributed by atoms with E-state index in [2.05, 4.69) is 21.8 Å². The van der Waals surface area contributed by atoms with Crippen molar-refractivity contribution in [1.82, 2.24) is 9.97 Å². The van der Waals surface area contributed by atoms with Crippen molar-refractivity contribution in [3.8, 4) is 0 Å². The predicted molar refractivity (Wildman–Crippen MR) is 72.5 cm³/mol. The van der Waals surface area contributed by atoms with Gasteiger partial charge in [-0.05, 0) is 12.3 Å². The maximum atomic E-state index is 9.94. The second-order valence-electron chi connectivity index (χ2n) is 5.44. The lowest BCUT2D eigenvalue weighted by atomic mass is 9.96. The first kappa shape index (κ1) is 13.1. The highest BCUT2D eigenvalue weighted by molar-refractivity contribution is 5.47. The number of hydrogen-bond acceptors (Lipinski definition) is 5. The normalized spacial score (nSPS) is 24.6. The van der Waals surface area contributed by atoms with Gasteiger partial charge in [0.15, 0.2) is 0 Å². The Labute approximate surface area is 108 Å². The van der Waals surface area contributed by atoms with E-state index in [9.17, 15) is 5.11 Å². The molecule has 1 saturated heterocycles. The summed E-state index contributed by atoms with van der Waals surface area (Å²) in [7, 11) is 0. The number of aromatic nitrogens is 2. The molecule has 0 radical (unpaired) electrons. The van der Waals surface area contributed by atoms with E-state index in [0.717, 1.165) is 24.6 Å². The molecule has 0 amide bonds. The van der Waals surface area contributed by atoms with E-state index in [1.54, 1.807) is 6.07 Å². The Morgan fingerprint density at radius 2 is 2.17 bits per heavy atom. The van der Waals surface area contributed by atoms with E-state index >= 15 is 0 Å². The second-order valence-corrected chi connectivity index (χ2v) is 5.44. The first-order chi connectivity index (χ1) is 8.47. The zero-order chi connectivity index (χ0) is 13.3. The van der Waals surface area contributed by atoms with Crippen LogP contribution >= 0.6 is 0 Å². The summed E-state index contributed by atoms with van der Waals surface area (Å²) >= 11 is 0. The number of β-amino-alcohol motifs (C(OH)–C–C–N with tert-alkyl or cyclic N) is 1. The minimum Gasteiger partial charge on any atom is -0.391 e. The van der Waals surface area contributed by atoms with Gasteiger partial charge in [-0.2, -0.15) is 0 Å². The van der Waals surface area contributed by atoms with Crippen LogP contribution in [0.2, 0.25) is 0 Å². The van der Waals surface area contributed by atoms with Crippen LogP contribution in [-0.2, 0) is 0 Å². The standard InChI is InChI=1S/C13H22N4O/c1-8(2)13-15-11(14)6-12(16-13)17-5-4-9(3)10(18)7-17/h6,8-10,18H,4-5,7H2,1-3H3,(H2,14,15,16). The van der Waals surface area contributed by atoms with Gasteiger partial charge in [-0.1, -0.05) is 20.8 Å². The van der Waals surface area contributed by atoms with Crippen molar-refractivity contribution in [3.05, 3.63) is 11.9 Å². The van der Waals surface area contributed by atoms with Gasteiger partial charge in [0.1, 0.15) is 17.5 Å². The zero-order valence-corrected chi connectivity index (χ0v) is 11.3. The zero-order valence-electron chi connectivity index (χ0n) is 11.3. The summed E-state index contributed by atoms with van der Waals surface area (Å²) in [5.41, 5.74) is 5.83. The Hall–Kier alpha value is -1.36. The highest BCUT2D eigenvalue weighted by Crippen LogP contribution is 2.24. The van der Waals surface area contributed by atoms with Gasteiger partial charge in [-0.15, -0.1) is 0 Å². The summed E-state index contributed by atoms with van der Waals surface area (Å²) < 4.78 is 0. The summed E-state index contributed by atoms with van der Waals surface area (Å²) in [5, 5.41) is 9.94. The molecule has 0 spiro atoms. The molecular formula is C13H22N4O. The maximum absolute atomic E-state index is 9.94. The molecule has 1 aromatic rings.